The molecule has 2 rings (SSSR count). The number of carbonyl (C=O) groups excluding carboxylic acids is 1. The minimum atomic E-state index is -0.426. The van der Waals surface area contributed by atoms with Crippen molar-refractivity contribution in [2.45, 2.75) is 19.9 Å². The van der Waals surface area contributed by atoms with Gasteiger partial charge in [0.05, 0.1) is 38.7 Å². The van der Waals surface area contributed by atoms with Crippen LogP contribution in [0.1, 0.15) is 13.8 Å². The highest BCUT2D eigenvalue weighted by atomic mass is 32.2. The van der Waals surface area contributed by atoms with Crippen LogP contribution >= 0.6 is 11.8 Å². The maximum atomic E-state index is 12.2. The highest BCUT2D eigenvalue weighted by Crippen LogP contribution is 2.48. The van der Waals surface area contributed by atoms with Gasteiger partial charge in [-0.2, -0.15) is 0 Å². The Morgan fingerprint density at radius 2 is 2.32 bits per heavy atom. The van der Waals surface area contributed by atoms with Gasteiger partial charge in [-0.15, -0.1) is 0 Å². The molecule has 0 saturated heterocycles. The Morgan fingerprint density at radius 1 is 1.53 bits per heavy atom. The number of thioether (sulfide) groups is 1. The van der Waals surface area contributed by atoms with Crippen molar-refractivity contribution in [3.8, 4) is 0 Å². The number of rotatable bonds is 4. The fourth-order valence-electron chi connectivity index (χ4n) is 2.20. The van der Waals surface area contributed by atoms with Crippen LogP contribution < -0.4 is 5.73 Å². The van der Waals surface area contributed by atoms with E-state index >= 15 is 0 Å². The van der Waals surface area contributed by atoms with Crippen molar-refractivity contribution in [3.05, 3.63) is 21.6 Å². The molecule has 0 bridgehead atoms. The van der Waals surface area contributed by atoms with E-state index in [1.165, 1.54) is 11.8 Å². The van der Waals surface area contributed by atoms with Crippen LogP contribution in [0.3, 0.4) is 0 Å². The predicted molar refractivity (Wildman–Crippen MR) is 73.2 cm³/mol. The third-order valence-electron chi connectivity index (χ3n) is 2.98. The number of ether oxygens (including phenoxy) is 3. The quantitative estimate of drug-likeness (QED) is 0.622. The van der Waals surface area contributed by atoms with E-state index in [4.69, 9.17) is 19.9 Å². The van der Waals surface area contributed by atoms with E-state index < -0.39 is 5.92 Å². The smallest absolute Gasteiger partial charge is 0.318 e. The average Bonchev–Trinajstić information content (AvgIpc) is 2.76. The lowest BCUT2D eigenvalue weighted by atomic mass is 9.92. The van der Waals surface area contributed by atoms with Gasteiger partial charge in [-0.1, -0.05) is 11.8 Å². The first-order chi connectivity index (χ1) is 9.19. The Morgan fingerprint density at radius 3 is 3.00 bits per heavy atom. The molecule has 2 aliphatic rings. The molecule has 0 aliphatic carbocycles. The number of hydrogen-bond donors (Lipinski definition) is 1. The van der Waals surface area contributed by atoms with Crippen molar-refractivity contribution in [2.24, 2.45) is 11.7 Å². The van der Waals surface area contributed by atoms with Crippen LogP contribution in [0.15, 0.2) is 21.6 Å². The maximum Gasteiger partial charge on any atom is 0.318 e. The summed E-state index contributed by atoms with van der Waals surface area (Å²) in [5.74, 6) is -0.686. The van der Waals surface area contributed by atoms with Crippen molar-refractivity contribution < 1.29 is 19.0 Å². The summed E-state index contributed by atoms with van der Waals surface area (Å²) in [6, 6.07) is -0.252. The molecule has 2 aliphatic heterocycles. The molecule has 0 aromatic heterocycles. The van der Waals surface area contributed by atoms with Crippen molar-refractivity contribution in [1.29, 1.82) is 0 Å². The first kappa shape index (κ1) is 14.4. The molecule has 0 aromatic carbocycles. The molecule has 2 N–H and O–H groups in total. The van der Waals surface area contributed by atoms with Crippen LogP contribution in [-0.2, 0) is 19.0 Å². The largest absolute Gasteiger partial charge is 0.501 e. The molecule has 106 valence electrons. The fourth-order valence-corrected chi connectivity index (χ4v) is 3.47. The zero-order chi connectivity index (χ0) is 13.8. The number of esters is 1. The second-order valence-corrected chi connectivity index (χ2v) is 5.43. The van der Waals surface area contributed by atoms with Crippen molar-refractivity contribution in [1.82, 2.24) is 0 Å². The van der Waals surface area contributed by atoms with E-state index in [0.29, 0.717) is 26.4 Å². The van der Waals surface area contributed by atoms with Gasteiger partial charge in [0.2, 0.25) is 0 Å². The molecule has 0 spiro atoms. The molecular formula is C13H19NO4S. The normalized spacial score (nSPS) is 28.5. The lowest BCUT2D eigenvalue weighted by Crippen LogP contribution is -2.37. The lowest BCUT2D eigenvalue weighted by Gasteiger charge is -2.24. The summed E-state index contributed by atoms with van der Waals surface area (Å²) in [5.41, 5.74) is 6.99. The minimum absolute atomic E-state index is 0.252. The van der Waals surface area contributed by atoms with Crippen LogP contribution in [0, 0.1) is 5.92 Å². The molecule has 19 heavy (non-hydrogen) atoms. The Bertz CT molecular complexity index is 419. The molecule has 0 saturated carbocycles. The van der Waals surface area contributed by atoms with Crippen LogP contribution in [0.4, 0.5) is 0 Å². The molecule has 2 atom stereocenters. The molecule has 0 aromatic rings. The zero-order valence-corrected chi connectivity index (χ0v) is 12.0. The third kappa shape index (κ3) is 2.96. The highest BCUT2D eigenvalue weighted by Gasteiger charge is 2.42. The SMILES string of the molecule is CCOC=C1SC2=C(C(N)COC2)C1C(=O)OCC. The van der Waals surface area contributed by atoms with Crippen LogP contribution in [-0.4, -0.2) is 38.4 Å². The summed E-state index contributed by atoms with van der Waals surface area (Å²) in [7, 11) is 0. The molecule has 0 fully saturated rings. The third-order valence-corrected chi connectivity index (χ3v) is 4.14. The maximum absolute atomic E-state index is 12.2. The van der Waals surface area contributed by atoms with Gasteiger partial charge in [-0.25, -0.2) is 0 Å². The highest BCUT2D eigenvalue weighted by molar-refractivity contribution is 8.07. The average molecular weight is 285 g/mol. The van der Waals surface area contributed by atoms with Crippen LogP contribution in [0.5, 0.6) is 0 Å². The monoisotopic (exact) mass is 285 g/mol. The van der Waals surface area contributed by atoms with Gasteiger partial charge in [0.25, 0.3) is 0 Å². The molecule has 2 unspecified atom stereocenters. The van der Waals surface area contributed by atoms with E-state index in [2.05, 4.69) is 0 Å². The van der Waals surface area contributed by atoms with Crippen molar-refractivity contribution in [3.63, 3.8) is 0 Å². The molecule has 2 heterocycles. The summed E-state index contributed by atoms with van der Waals surface area (Å²) in [5, 5.41) is 0. The first-order valence-corrected chi connectivity index (χ1v) is 7.23. The molecule has 5 nitrogen and oxygen atoms in total. The van der Waals surface area contributed by atoms with E-state index in [9.17, 15) is 4.79 Å². The van der Waals surface area contributed by atoms with Crippen LogP contribution in [0.2, 0.25) is 0 Å². The van der Waals surface area contributed by atoms with E-state index in [1.807, 2.05) is 6.92 Å². The molecule has 0 radical (unpaired) electrons. The Kier molecular flexibility index (Phi) is 4.90. The fraction of sp³-hybridized carbons (Fsp3) is 0.615. The Labute approximate surface area is 117 Å². The number of carbonyl (C=O) groups is 1. The van der Waals surface area contributed by atoms with Gasteiger partial charge in [-0.3, -0.25) is 4.79 Å². The lowest BCUT2D eigenvalue weighted by molar-refractivity contribution is -0.145. The molecule has 6 heteroatoms. The van der Waals surface area contributed by atoms with E-state index in [0.717, 1.165) is 15.4 Å². The Hall–Kier alpha value is -0.980. The summed E-state index contributed by atoms with van der Waals surface area (Å²) >= 11 is 1.51. The second kappa shape index (κ2) is 6.45. The molecule has 0 amide bonds. The minimum Gasteiger partial charge on any atom is -0.501 e. The summed E-state index contributed by atoms with van der Waals surface area (Å²) in [6.45, 7) is 5.57. The van der Waals surface area contributed by atoms with Gasteiger partial charge in [0, 0.05) is 9.81 Å². The summed E-state index contributed by atoms with van der Waals surface area (Å²) in [6.07, 6.45) is 1.64. The van der Waals surface area contributed by atoms with Gasteiger partial charge in [-0.05, 0) is 19.4 Å². The van der Waals surface area contributed by atoms with Gasteiger partial charge in [0.15, 0.2) is 0 Å². The van der Waals surface area contributed by atoms with Gasteiger partial charge in [0.1, 0.15) is 5.92 Å². The second-order valence-electron chi connectivity index (χ2n) is 4.26. The molecular weight excluding hydrogens is 266 g/mol. The van der Waals surface area contributed by atoms with E-state index in [-0.39, 0.29) is 12.0 Å². The summed E-state index contributed by atoms with van der Waals surface area (Å²) < 4.78 is 15.9. The Balaban J connectivity index is 2.28. The number of hydrogen-bond acceptors (Lipinski definition) is 6. The van der Waals surface area contributed by atoms with Gasteiger partial charge >= 0.3 is 5.97 Å². The van der Waals surface area contributed by atoms with Gasteiger partial charge < -0.3 is 19.9 Å². The zero-order valence-electron chi connectivity index (χ0n) is 11.2. The number of nitrogens with two attached hydrogens (primary N) is 1. The predicted octanol–water partition coefficient (Wildman–Crippen LogP) is 1.40. The topological polar surface area (TPSA) is 70.8 Å². The van der Waals surface area contributed by atoms with E-state index in [1.54, 1.807) is 13.2 Å². The first-order valence-electron chi connectivity index (χ1n) is 6.41. The van der Waals surface area contributed by atoms with Crippen molar-refractivity contribution in [2.75, 3.05) is 26.4 Å². The van der Waals surface area contributed by atoms with Crippen LogP contribution in [0.25, 0.3) is 0 Å². The summed E-state index contributed by atoms with van der Waals surface area (Å²) in [4.78, 5) is 14.0. The van der Waals surface area contributed by atoms with Crippen molar-refractivity contribution >= 4 is 17.7 Å². The standard InChI is InChI=1S/C13H19NO4S/c1-3-16-6-10-12(13(15)18-4-2)11-8(14)5-17-7-9(11)19-10/h6,8,12H,3-5,7,14H2,1-2H3.